The standard InChI is InChI=1S/C21H21N3O5S/c1-14-15(2)23-29-21(14)24-30(26,27)19-10-8-17(9-11-19)22-20(25)12-7-16-5-4-6-18(13-16)28-3/h4-13,24H,1-3H3,(H,22,25)/b12-7+. The molecule has 9 heteroatoms. The summed E-state index contributed by atoms with van der Waals surface area (Å²) in [5.74, 6) is 0.422. The quantitative estimate of drug-likeness (QED) is 0.556. The van der Waals surface area contributed by atoms with Crippen LogP contribution in [0.1, 0.15) is 16.8 Å². The van der Waals surface area contributed by atoms with Gasteiger partial charge in [0.1, 0.15) is 5.75 Å². The van der Waals surface area contributed by atoms with Crippen molar-refractivity contribution < 1.29 is 22.5 Å². The average Bonchev–Trinajstić information content (AvgIpc) is 3.04. The molecule has 0 aliphatic rings. The fourth-order valence-corrected chi connectivity index (χ4v) is 3.56. The van der Waals surface area contributed by atoms with E-state index >= 15 is 0 Å². The molecule has 0 radical (unpaired) electrons. The minimum absolute atomic E-state index is 0.0286. The highest BCUT2D eigenvalue weighted by Crippen LogP contribution is 2.22. The summed E-state index contributed by atoms with van der Waals surface area (Å²) in [7, 11) is -2.27. The van der Waals surface area contributed by atoms with Gasteiger partial charge in [-0.15, -0.1) is 0 Å². The number of nitrogens with zero attached hydrogens (tertiary/aromatic N) is 1. The minimum Gasteiger partial charge on any atom is -0.497 e. The number of amides is 1. The summed E-state index contributed by atoms with van der Waals surface area (Å²) in [4.78, 5) is 12.2. The molecule has 156 valence electrons. The van der Waals surface area contributed by atoms with Crippen molar-refractivity contribution in [1.82, 2.24) is 5.16 Å². The summed E-state index contributed by atoms with van der Waals surface area (Å²) in [5, 5.41) is 6.41. The third kappa shape index (κ3) is 5.06. The predicted octanol–water partition coefficient (Wildman–Crippen LogP) is 3.75. The first-order chi connectivity index (χ1) is 14.3. The molecular weight excluding hydrogens is 406 g/mol. The number of ether oxygens (including phenoxy) is 1. The summed E-state index contributed by atoms with van der Waals surface area (Å²) in [6.07, 6.45) is 3.04. The van der Waals surface area contributed by atoms with Gasteiger partial charge in [0.2, 0.25) is 11.8 Å². The van der Waals surface area contributed by atoms with Crippen molar-refractivity contribution in [3.8, 4) is 5.75 Å². The van der Waals surface area contributed by atoms with Crippen molar-refractivity contribution in [2.75, 3.05) is 17.1 Å². The third-order valence-electron chi connectivity index (χ3n) is 4.34. The van der Waals surface area contributed by atoms with Gasteiger partial charge in [-0.3, -0.25) is 4.79 Å². The summed E-state index contributed by atoms with van der Waals surface area (Å²) in [6, 6.07) is 13.1. The van der Waals surface area contributed by atoms with Crippen LogP contribution in [0.3, 0.4) is 0 Å². The molecule has 1 heterocycles. The first-order valence-electron chi connectivity index (χ1n) is 8.97. The number of aromatic nitrogens is 1. The lowest BCUT2D eigenvalue weighted by Crippen LogP contribution is -2.13. The fraction of sp³-hybridized carbons (Fsp3) is 0.143. The topological polar surface area (TPSA) is 111 Å². The molecule has 1 amide bonds. The number of rotatable bonds is 7. The van der Waals surface area contributed by atoms with E-state index in [-0.39, 0.29) is 16.7 Å². The van der Waals surface area contributed by atoms with E-state index < -0.39 is 10.0 Å². The molecule has 0 aliphatic heterocycles. The molecule has 8 nitrogen and oxygen atoms in total. The lowest BCUT2D eigenvalue weighted by atomic mass is 10.2. The number of aryl methyl sites for hydroxylation is 1. The second-order valence-corrected chi connectivity index (χ2v) is 8.13. The number of sulfonamides is 1. The minimum atomic E-state index is -3.84. The molecule has 0 saturated carbocycles. The van der Waals surface area contributed by atoms with Crippen LogP contribution in [0.4, 0.5) is 11.6 Å². The Bertz CT molecular complexity index is 1180. The molecule has 2 aromatic carbocycles. The van der Waals surface area contributed by atoms with Crippen molar-refractivity contribution in [3.63, 3.8) is 0 Å². The number of carbonyl (C=O) groups is 1. The summed E-state index contributed by atoms with van der Waals surface area (Å²) >= 11 is 0. The second kappa shape index (κ2) is 8.83. The van der Waals surface area contributed by atoms with Gasteiger partial charge in [-0.1, -0.05) is 17.3 Å². The number of benzene rings is 2. The highest BCUT2D eigenvalue weighted by Gasteiger charge is 2.19. The SMILES string of the molecule is COc1cccc(/C=C/C(=O)Nc2ccc(S(=O)(=O)Nc3onc(C)c3C)cc2)c1. The lowest BCUT2D eigenvalue weighted by Gasteiger charge is -2.07. The Hall–Kier alpha value is -3.59. The Morgan fingerprint density at radius 3 is 2.50 bits per heavy atom. The van der Waals surface area contributed by atoms with E-state index in [1.54, 1.807) is 33.1 Å². The van der Waals surface area contributed by atoms with Crippen molar-refractivity contribution in [1.29, 1.82) is 0 Å². The van der Waals surface area contributed by atoms with Gasteiger partial charge in [0.05, 0.1) is 17.7 Å². The summed E-state index contributed by atoms with van der Waals surface area (Å²) in [6.45, 7) is 3.43. The van der Waals surface area contributed by atoms with Gasteiger partial charge in [0, 0.05) is 17.3 Å². The zero-order valence-electron chi connectivity index (χ0n) is 16.7. The molecule has 0 bridgehead atoms. The first-order valence-corrected chi connectivity index (χ1v) is 10.5. The molecule has 1 aromatic heterocycles. The van der Waals surface area contributed by atoms with E-state index in [1.807, 2.05) is 18.2 Å². The normalized spacial score (nSPS) is 11.4. The molecule has 0 spiro atoms. The second-order valence-electron chi connectivity index (χ2n) is 6.45. The van der Waals surface area contributed by atoms with Crippen LogP contribution < -0.4 is 14.8 Å². The fourth-order valence-electron chi connectivity index (χ4n) is 2.51. The van der Waals surface area contributed by atoms with Gasteiger partial charge in [-0.2, -0.15) is 0 Å². The number of anilines is 2. The maximum atomic E-state index is 12.5. The zero-order chi connectivity index (χ0) is 21.7. The molecule has 0 unspecified atom stereocenters. The van der Waals surface area contributed by atoms with Crippen LogP contribution in [0, 0.1) is 13.8 Å². The number of methoxy groups -OCH3 is 1. The number of carbonyl (C=O) groups excluding carboxylic acids is 1. The monoisotopic (exact) mass is 427 g/mol. The van der Waals surface area contributed by atoms with Gasteiger partial charge < -0.3 is 14.6 Å². The average molecular weight is 427 g/mol. The molecule has 3 rings (SSSR count). The van der Waals surface area contributed by atoms with Gasteiger partial charge in [-0.05, 0) is 61.9 Å². The summed E-state index contributed by atoms with van der Waals surface area (Å²) in [5.41, 5.74) is 2.49. The highest BCUT2D eigenvalue weighted by atomic mass is 32.2. The lowest BCUT2D eigenvalue weighted by molar-refractivity contribution is -0.111. The molecule has 0 aliphatic carbocycles. The van der Waals surface area contributed by atoms with Crippen molar-refractivity contribution in [2.24, 2.45) is 0 Å². The van der Waals surface area contributed by atoms with Crippen LogP contribution in [-0.4, -0.2) is 26.6 Å². The molecule has 0 atom stereocenters. The maximum Gasteiger partial charge on any atom is 0.264 e. The number of hydrogen-bond acceptors (Lipinski definition) is 6. The van der Waals surface area contributed by atoms with Crippen LogP contribution in [0.25, 0.3) is 6.08 Å². The van der Waals surface area contributed by atoms with Gasteiger partial charge in [0.15, 0.2) is 0 Å². The van der Waals surface area contributed by atoms with E-state index in [0.717, 1.165) is 5.56 Å². The smallest absolute Gasteiger partial charge is 0.264 e. The largest absolute Gasteiger partial charge is 0.497 e. The van der Waals surface area contributed by atoms with E-state index in [1.165, 1.54) is 30.3 Å². The van der Waals surface area contributed by atoms with Crippen LogP contribution >= 0.6 is 0 Å². The molecule has 0 saturated heterocycles. The van der Waals surface area contributed by atoms with E-state index in [0.29, 0.717) is 22.7 Å². The number of nitrogens with one attached hydrogen (secondary N) is 2. The first kappa shape index (κ1) is 21.1. The van der Waals surface area contributed by atoms with Crippen LogP contribution in [0.2, 0.25) is 0 Å². The Balaban J connectivity index is 1.65. The van der Waals surface area contributed by atoms with Crippen LogP contribution in [0.5, 0.6) is 5.75 Å². The van der Waals surface area contributed by atoms with Crippen LogP contribution in [0.15, 0.2) is 64.0 Å². The zero-order valence-corrected chi connectivity index (χ0v) is 17.5. The van der Waals surface area contributed by atoms with Crippen molar-refractivity contribution in [2.45, 2.75) is 18.7 Å². The van der Waals surface area contributed by atoms with E-state index in [2.05, 4.69) is 15.2 Å². The van der Waals surface area contributed by atoms with E-state index in [4.69, 9.17) is 9.26 Å². The molecule has 0 fully saturated rings. The van der Waals surface area contributed by atoms with Crippen molar-refractivity contribution >= 4 is 33.6 Å². The van der Waals surface area contributed by atoms with Crippen LogP contribution in [-0.2, 0) is 14.8 Å². The third-order valence-corrected chi connectivity index (χ3v) is 5.68. The molecule has 3 aromatic rings. The van der Waals surface area contributed by atoms with Gasteiger partial charge >= 0.3 is 0 Å². The molecule has 30 heavy (non-hydrogen) atoms. The molecular formula is C21H21N3O5S. The maximum absolute atomic E-state index is 12.5. The summed E-state index contributed by atoms with van der Waals surface area (Å²) < 4.78 is 37.5. The van der Waals surface area contributed by atoms with Gasteiger partial charge in [-0.25, -0.2) is 13.1 Å². The highest BCUT2D eigenvalue weighted by molar-refractivity contribution is 7.92. The van der Waals surface area contributed by atoms with Gasteiger partial charge in [0.25, 0.3) is 10.0 Å². The predicted molar refractivity (Wildman–Crippen MR) is 114 cm³/mol. The Kier molecular flexibility index (Phi) is 6.22. The Labute approximate surface area is 174 Å². The van der Waals surface area contributed by atoms with Crippen molar-refractivity contribution in [3.05, 3.63) is 71.4 Å². The Morgan fingerprint density at radius 2 is 1.87 bits per heavy atom. The van der Waals surface area contributed by atoms with E-state index in [9.17, 15) is 13.2 Å². The Morgan fingerprint density at radius 1 is 1.13 bits per heavy atom. The number of hydrogen-bond donors (Lipinski definition) is 2. The molecule has 2 N–H and O–H groups in total.